The maximum absolute atomic E-state index is 12.8. The van der Waals surface area contributed by atoms with Crippen molar-refractivity contribution in [3.8, 4) is 0 Å². The van der Waals surface area contributed by atoms with Crippen LogP contribution in [-0.4, -0.2) is 40.8 Å². The van der Waals surface area contributed by atoms with Gasteiger partial charge >= 0.3 is 0 Å². The number of carbonyl (C=O) groups excluding carboxylic acids is 2. The van der Waals surface area contributed by atoms with Crippen molar-refractivity contribution in [1.29, 1.82) is 0 Å². The first-order valence-corrected chi connectivity index (χ1v) is 9.51. The molecule has 2 aromatic heterocycles. The van der Waals surface area contributed by atoms with Gasteiger partial charge in [-0.05, 0) is 51.0 Å². The third kappa shape index (κ3) is 3.63. The van der Waals surface area contributed by atoms with Crippen molar-refractivity contribution in [2.75, 3.05) is 13.1 Å². The molecule has 0 spiro atoms. The van der Waals surface area contributed by atoms with Crippen molar-refractivity contribution in [3.05, 3.63) is 65.2 Å². The molecule has 0 radical (unpaired) electrons. The fourth-order valence-electron chi connectivity index (χ4n) is 3.68. The Morgan fingerprint density at radius 3 is 2.64 bits per heavy atom. The largest absolute Gasteiger partial charge is 0.472 e. The molecule has 3 heterocycles. The zero-order valence-electron chi connectivity index (χ0n) is 16.1. The van der Waals surface area contributed by atoms with Crippen LogP contribution in [0.3, 0.4) is 0 Å². The topological polar surface area (TPSA) is 75.4 Å². The zero-order valence-corrected chi connectivity index (χ0v) is 16.1. The summed E-state index contributed by atoms with van der Waals surface area (Å²) in [6.07, 6.45) is 4.43. The molecular weight excluding hydrogens is 354 g/mol. The molecule has 1 N–H and O–H groups in total. The number of nitrogens with zero attached hydrogens (tertiary/aromatic N) is 2. The number of rotatable bonds is 3. The van der Waals surface area contributed by atoms with E-state index >= 15 is 0 Å². The molecule has 0 unspecified atom stereocenters. The second-order valence-electron chi connectivity index (χ2n) is 7.37. The summed E-state index contributed by atoms with van der Waals surface area (Å²) >= 11 is 0. The van der Waals surface area contributed by atoms with Gasteiger partial charge < -0.3 is 14.6 Å². The number of amides is 2. The van der Waals surface area contributed by atoms with Gasteiger partial charge in [-0.2, -0.15) is 0 Å². The highest BCUT2D eigenvalue weighted by Gasteiger charge is 2.25. The number of piperidine rings is 1. The lowest BCUT2D eigenvalue weighted by molar-refractivity contribution is 0.0697. The molecule has 28 heavy (non-hydrogen) atoms. The molecule has 1 aliphatic heterocycles. The summed E-state index contributed by atoms with van der Waals surface area (Å²) in [5, 5.41) is 4.08. The first kappa shape index (κ1) is 18.2. The van der Waals surface area contributed by atoms with Crippen LogP contribution < -0.4 is 5.32 Å². The van der Waals surface area contributed by atoms with Crippen LogP contribution in [0.1, 0.15) is 44.8 Å². The van der Waals surface area contributed by atoms with Crippen LogP contribution in [-0.2, 0) is 0 Å². The van der Waals surface area contributed by atoms with Gasteiger partial charge in [-0.1, -0.05) is 11.6 Å². The lowest BCUT2D eigenvalue weighted by Crippen LogP contribution is -2.46. The number of fused-ring (bicyclic) bond motifs is 1. The summed E-state index contributed by atoms with van der Waals surface area (Å²) in [6.45, 7) is 5.12. The molecule has 1 fully saturated rings. The normalized spacial score (nSPS) is 15.0. The average Bonchev–Trinajstić information content (AvgIpc) is 3.22. The third-order valence-corrected chi connectivity index (χ3v) is 5.29. The van der Waals surface area contributed by atoms with Crippen molar-refractivity contribution in [2.45, 2.75) is 32.7 Å². The third-order valence-electron chi connectivity index (χ3n) is 5.29. The first-order valence-electron chi connectivity index (χ1n) is 9.51. The predicted octanol–water partition coefficient (Wildman–Crippen LogP) is 3.48. The molecule has 2 amide bonds. The summed E-state index contributed by atoms with van der Waals surface area (Å²) in [5.74, 6) is -0.128. The van der Waals surface area contributed by atoms with E-state index in [1.165, 1.54) is 12.5 Å². The summed E-state index contributed by atoms with van der Waals surface area (Å²) in [4.78, 5) is 31.6. The lowest BCUT2D eigenvalue weighted by atomic mass is 10.0. The Bertz CT molecular complexity index is 1020. The molecule has 0 bridgehead atoms. The van der Waals surface area contributed by atoms with Crippen LogP contribution in [0, 0.1) is 13.8 Å². The van der Waals surface area contributed by atoms with E-state index in [0.29, 0.717) is 24.2 Å². The Balaban J connectivity index is 1.41. The minimum Gasteiger partial charge on any atom is -0.472 e. The van der Waals surface area contributed by atoms with E-state index < -0.39 is 0 Å². The minimum absolute atomic E-state index is 0.0246. The SMILES string of the molecule is Cc1ccc2nc(C)c(C(=O)NC3CCN(C(=O)c4ccoc4)CC3)cc2c1. The van der Waals surface area contributed by atoms with E-state index in [1.54, 1.807) is 11.0 Å². The van der Waals surface area contributed by atoms with Gasteiger partial charge in [0, 0.05) is 24.5 Å². The molecule has 1 aromatic carbocycles. The minimum atomic E-state index is -0.104. The van der Waals surface area contributed by atoms with Crippen LogP contribution >= 0.6 is 0 Å². The fraction of sp³-hybridized carbons (Fsp3) is 0.318. The maximum Gasteiger partial charge on any atom is 0.257 e. The molecule has 6 heteroatoms. The lowest BCUT2D eigenvalue weighted by Gasteiger charge is -2.32. The smallest absolute Gasteiger partial charge is 0.257 e. The summed E-state index contributed by atoms with van der Waals surface area (Å²) < 4.78 is 4.99. The van der Waals surface area contributed by atoms with Crippen molar-refractivity contribution in [3.63, 3.8) is 0 Å². The van der Waals surface area contributed by atoms with Crippen molar-refractivity contribution < 1.29 is 14.0 Å². The predicted molar refractivity (Wildman–Crippen MR) is 106 cm³/mol. The highest BCUT2D eigenvalue weighted by molar-refractivity contribution is 5.99. The number of hydrogen-bond acceptors (Lipinski definition) is 4. The van der Waals surface area contributed by atoms with E-state index in [9.17, 15) is 9.59 Å². The summed E-state index contributed by atoms with van der Waals surface area (Å²) in [5.41, 5.74) is 3.93. The van der Waals surface area contributed by atoms with Gasteiger partial charge in [-0.3, -0.25) is 14.6 Å². The molecule has 0 aliphatic carbocycles. The zero-order chi connectivity index (χ0) is 19.7. The fourth-order valence-corrected chi connectivity index (χ4v) is 3.68. The van der Waals surface area contributed by atoms with Gasteiger partial charge in [0.05, 0.1) is 28.6 Å². The molecule has 0 atom stereocenters. The van der Waals surface area contributed by atoms with Crippen molar-refractivity contribution in [2.24, 2.45) is 0 Å². The number of pyridine rings is 1. The number of furan rings is 1. The Kier molecular flexibility index (Phi) is 4.86. The Morgan fingerprint density at radius 1 is 1.14 bits per heavy atom. The average molecular weight is 377 g/mol. The summed E-state index contributed by atoms with van der Waals surface area (Å²) in [7, 11) is 0. The van der Waals surface area contributed by atoms with Crippen LogP contribution in [0.25, 0.3) is 10.9 Å². The number of aromatic nitrogens is 1. The van der Waals surface area contributed by atoms with E-state index in [4.69, 9.17) is 4.42 Å². The molecule has 4 rings (SSSR count). The Hall–Kier alpha value is -3.15. The quantitative estimate of drug-likeness (QED) is 0.758. The van der Waals surface area contributed by atoms with Crippen LogP contribution in [0.5, 0.6) is 0 Å². The number of hydrogen-bond donors (Lipinski definition) is 1. The van der Waals surface area contributed by atoms with E-state index in [0.717, 1.165) is 35.0 Å². The number of carbonyl (C=O) groups is 2. The van der Waals surface area contributed by atoms with E-state index in [-0.39, 0.29) is 17.9 Å². The first-order chi connectivity index (χ1) is 13.5. The number of aryl methyl sites for hydroxylation is 2. The second kappa shape index (κ2) is 7.46. The molecule has 6 nitrogen and oxygen atoms in total. The van der Waals surface area contributed by atoms with Gasteiger partial charge in [0.1, 0.15) is 6.26 Å². The van der Waals surface area contributed by atoms with Crippen LogP contribution in [0.15, 0.2) is 47.3 Å². The number of benzene rings is 1. The van der Waals surface area contributed by atoms with Crippen molar-refractivity contribution >= 4 is 22.7 Å². The van der Waals surface area contributed by atoms with Crippen LogP contribution in [0.4, 0.5) is 0 Å². The molecule has 3 aromatic rings. The van der Waals surface area contributed by atoms with E-state index in [2.05, 4.69) is 10.3 Å². The Morgan fingerprint density at radius 2 is 1.93 bits per heavy atom. The monoisotopic (exact) mass is 377 g/mol. The number of nitrogens with one attached hydrogen (secondary N) is 1. The van der Waals surface area contributed by atoms with E-state index in [1.807, 2.05) is 38.1 Å². The molecular formula is C22H23N3O3. The van der Waals surface area contributed by atoms with Gasteiger partial charge in [-0.15, -0.1) is 0 Å². The molecule has 1 aliphatic rings. The second-order valence-corrected chi connectivity index (χ2v) is 7.37. The highest BCUT2D eigenvalue weighted by Crippen LogP contribution is 2.19. The standard InChI is InChI=1S/C22H23N3O3/c1-14-3-4-20-17(11-14)12-19(15(2)23-20)21(26)24-18-5-8-25(9-6-18)22(27)16-7-10-28-13-16/h3-4,7,10-13,18H,5-6,8-9H2,1-2H3,(H,24,26). The number of likely N-dealkylation sites (tertiary alicyclic amines) is 1. The molecule has 1 saturated heterocycles. The Labute approximate surface area is 163 Å². The van der Waals surface area contributed by atoms with Gasteiger partial charge in [0.2, 0.25) is 0 Å². The molecule has 144 valence electrons. The van der Waals surface area contributed by atoms with Gasteiger partial charge in [0.25, 0.3) is 11.8 Å². The highest BCUT2D eigenvalue weighted by atomic mass is 16.3. The van der Waals surface area contributed by atoms with Gasteiger partial charge in [-0.25, -0.2) is 0 Å². The van der Waals surface area contributed by atoms with Gasteiger partial charge in [0.15, 0.2) is 0 Å². The van der Waals surface area contributed by atoms with Crippen molar-refractivity contribution in [1.82, 2.24) is 15.2 Å². The van der Waals surface area contributed by atoms with Crippen LogP contribution in [0.2, 0.25) is 0 Å². The maximum atomic E-state index is 12.8. The molecule has 0 saturated carbocycles. The summed E-state index contributed by atoms with van der Waals surface area (Å²) in [6, 6.07) is 9.68.